The van der Waals surface area contributed by atoms with Crippen molar-refractivity contribution < 1.29 is 13.9 Å². The number of carbonyl (C=O) groups excluding carboxylic acids is 1. The number of rotatable bonds is 7. The highest BCUT2D eigenvalue weighted by molar-refractivity contribution is 5.78. The van der Waals surface area contributed by atoms with Gasteiger partial charge in [0, 0.05) is 49.2 Å². The Morgan fingerprint density at radius 1 is 0.939 bits per heavy atom. The molecule has 4 rings (SSSR count). The van der Waals surface area contributed by atoms with Crippen molar-refractivity contribution in [2.45, 2.75) is 32.5 Å². The van der Waals surface area contributed by atoms with Gasteiger partial charge < -0.3 is 15.0 Å². The molecular weight excluding hydrogens is 417 g/mol. The molecule has 3 aromatic rings. The molecule has 6 heteroatoms. The third-order valence-electron chi connectivity index (χ3n) is 5.99. The fourth-order valence-corrected chi connectivity index (χ4v) is 4.17. The van der Waals surface area contributed by atoms with Gasteiger partial charge in [0.15, 0.2) is 6.61 Å². The smallest absolute Gasteiger partial charge is 0.260 e. The van der Waals surface area contributed by atoms with Gasteiger partial charge in [-0.2, -0.15) is 0 Å². The summed E-state index contributed by atoms with van der Waals surface area (Å²) in [6.07, 6.45) is 0. The first kappa shape index (κ1) is 22.8. The average Bonchev–Trinajstić information content (AvgIpc) is 2.82. The van der Waals surface area contributed by atoms with Gasteiger partial charge in [0.2, 0.25) is 0 Å². The summed E-state index contributed by atoms with van der Waals surface area (Å²) in [4.78, 5) is 17.2. The van der Waals surface area contributed by atoms with Crippen molar-refractivity contribution in [2.24, 2.45) is 0 Å². The quantitative estimate of drug-likeness (QED) is 0.549. The second kappa shape index (κ2) is 10.5. The molecule has 1 fully saturated rings. The number of carbonyl (C=O) groups is 1. The van der Waals surface area contributed by atoms with Gasteiger partial charge in [-0.1, -0.05) is 36.4 Å². The summed E-state index contributed by atoms with van der Waals surface area (Å²) in [5, 5.41) is 3.33. The molecule has 1 N–H and O–H groups in total. The van der Waals surface area contributed by atoms with E-state index >= 15 is 0 Å². The van der Waals surface area contributed by atoms with E-state index in [9.17, 15) is 9.18 Å². The van der Waals surface area contributed by atoms with Crippen molar-refractivity contribution in [2.75, 3.05) is 25.0 Å². The van der Waals surface area contributed by atoms with Crippen molar-refractivity contribution in [1.29, 1.82) is 0 Å². The van der Waals surface area contributed by atoms with Crippen LogP contribution in [0.3, 0.4) is 0 Å². The highest BCUT2D eigenvalue weighted by Gasteiger charge is 2.32. The highest BCUT2D eigenvalue weighted by atomic mass is 19.1. The number of anilines is 2. The molecular formula is C27H30FN3O2. The van der Waals surface area contributed by atoms with Crippen LogP contribution in [0.4, 0.5) is 15.8 Å². The molecule has 33 heavy (non-hydrogen) atoms. The average molecular weight is 448 g/mol. The van der Waals surface area contributed by atoms with Crippen LogP contribution >= 0.6 is 0 Å². The number of para-hydroxylation sites is 1. The normalized spacial score (nSPS) is 18.7. The van der Waals surface area contributed by atoms with Gasteiger partial charge in [-0.25, -0.2) is 4.39 Å². The topological polar surface area (TPSA) is 44.8 Å². The lowest BCUT2D eigenvalue weighted by Crippen LogP contribution is -2.58. The van der Waals surface area contributed by atoms with Crippen LogP contribution in [0.1, 0.15) is 19.4 Å². The zero-order valence-corrected chi connectivity index (χ0v) is 19.1. The molecule has 0 aliphatic carbocycles. The number of hydrogen-bond acceptors (Lipinski definition) is 4. The van der Waals surface area contributed by atoms with Crippen LogP contribution in [-0.4, -0.2) is 47.5 Å². The van der Waals surface area contributed by atoms with Crippen LogP contribution in [-0.2, 0) is 11.3 Å². The summed E-state index contributed by atoms with van der Waals surface area (Å²) in [7, 11) is 0. The number of halogens is 1. The Hall–Kier alpha value is -3.38. The molecule has 172 valence electrons. The molecule has 0 radical (unpaired) electrons. The lowest BCUT2D eigenvalue weighted by atomic mass is 10.1. The lowest BCUT2D eigenvalue weighted by Gasteiger charge is -2.44. The Bertz CT molecular complexity index is 1060. The molecule has 1 aliphatic rings. The van der Waals surface area contributed by atoms with E-state index in [-0.39, 0.29) is 30.4 Å². The molecule has 1 aliphatic heterocycles. The molecule has 0 spiro atoms. The third kappa shape index (κ3) is 6.11. The number of amides is 1. The van der Waals surface area contributed by atoms with Gasteiger partial charge >= 0.3 is 0 Å². The lowest BCUT2D eigenvalue weighted by molar-refractivity contribution is -0.139. The summed E-state index contributed by atoms with van der Waals surface area (Å²) < 4.78 is 19.0. The van der Waals surface area contributed by atoms with E-state index in [4.69, 9.17) is 4.74 Å². The second-order valence-corrected chi connectivity index (χ2v) is 8.61. The van der Waals surface area contributed by atoms with E-state index in [0.29, 0.717) is 12.3 Å². The van der Waals surface area contributed by atoms with E-state index in [1.165, 1.54) is 12.1 Å². The zero-order valence-electron chi connectivity index (χ0n) is 19.1. The summed E-state index contributed by atoms with van der Waals surface area (Å²) >= 11 is 0. The molecule has 1 saturated heterocycles. The molecule has 1 heterocycles. The molecule has 2 atom stereocenters. The van der Waals surface area contributed by atoms with Gasteiger partial charge in [0.05, 0.1) is 0 Å². The Kier molecular flexibility index (Phi) is 7.25. The van der Waals surface area contributed by atoms with Crippen molar-refractivity contribution in [3.8, 4) is 5.75 Å². The highest BCUT2D eigenvalue weighted by Crippen LogP contribution is 2.22. The first-order valence-corrected chi connectivity index (χ1v) is 11.3. The maximum absolute atomic E-state index is 13.2. The van der Waals surface area contributed by atoms with Gasteiger partial charge in [-0.15, -0.1) is 0 Å². The Morgan fingerprint density at radius 3 is 2.42 bits per heavy atom. The summed E-state index contributed by atoms with van der Waals surface area (Å²) in [6, 6.07) is 24.4. The Labute approximate surface area is 194 Å². The van der Waals surface area contributed by atoms with Crippen molar-refractivity contribution in [3.05, 3.63) is 90.2 Å². The molecule has 5 nitrogen and oxygen atoms in total. The predicted molar refractivity (Wildman–Crippen MR) is 129 cm³/mol. The van der Waals surface area contributed by atoms with Gasteiger partial charge in [0.1, 0.15) is 11.6 Å². The number of benzene rings is 3. The summed E-state index contributed by atoms with van der Waals surface area (Å²) in [5.74, 6) is 0.411. The third-order valence-corrected chi connectivity index (χ3v) is 5.99. The fourth-order valence-electron chi connectivity index (χ4n) is 4.17. The molecule has 0 aromatic heterocycles. The second-order valence-electron chi connectivity index (χ2n) is 8.61. The van der Waals surface area contributed by atoms with E-state index in [0.717, 1.165) is 30.0 Å². The van der Waals surface area contributed by atoms with Crippen LogP contribution in [0.25, 0.3) is 0 Å². The number of ether oxygens (including phenoxy) is 1. The first-order chi connectivity index (χ1) is 16.0. The number of nitrogens with zero attached hydrogens (tertiary/aromatic N) is 2. The first-order valence-electron chi connectivity index (χ1n) is 11.3. The number of nitrogens with one attached hydrogen (secondary N) is 1. The molecule has 1 amide bonds. The fraction of sp³-hybridized carbons (Fsp3) is 0.296. The molecule has 0 saturated carbocycles. The number of piperazine rings is 1. The van der Waals surface area contributed by atoms with Crippen LogP contribution in [0.5, 0.6) is 5.75 Å². The minimum atomic E-state index is -0.225. The molecule has 0 unspecified atom stereocenters. The zero-order chi connectivity index (χ0) is 23.2. The monoisotopic (exact) mass is 447 g/mol. The molecule has 3 aromatic carbocycles. The Balaban J connectivity index is 1.31. The SMILES string of the molecule is C[C@@H]1CN(C(=O)COc2cccc(Nc3ccccc3)c2)[C@@H](C)CN1Cc1ccc(F)cc1. The summed E-state index contributed by atoms with van der Waals surface area (Å²) in [5.41, 5.74) is 2.97. The van der Waals surface area contributed by atoms with Gasteiger partial charge in [-0.05, 0) is 55.8 Å². The van der Waals surface area contributed by atoms with Crippen LogP contribution in [0.15, 0.2) is 78.9 Å². The van der Waals surface area contributed by atoms with Crippen LogP contribution in [0.2, 0.25) is 0 Å². The minimum absolute atomic E-state index is 0.00378. The summed E-state index contributed by atoms with van der Waals surface area (Å²) in [6.45, 7) is 6.33. The maximum Gasteiger partial charge on any atom is 0.260 e. The van der Waals surface area contributed by atoms with Gasteiger partial charge in [-0.3, -0.25) is 9.69 Å². The van der Waals surface area contributed by atoms with Crippen molar-refractivity contribution >= 4 is 17.3 Å². The van der Waals surface area contributed by atoms with Crippen LogP contribution in [0, 0.1) is 5.82 Å². The van der Waals surface area contributed by atoms with Crippen molar-refractivity contribution in [1.82, 2.24) is 9.80 Å². The van der Waals surface area contributed by atoms with E-state index in [1.807, 2.05) is 71.6 Å². The van der Waals surface area contributed by atoms with E-state index in [2.05, 4.69) is 24.1 Å². The van der Waals surface area contributed by atoms with Crippen LogP contribution < -0.4 is 10.1 Å². The largest absolute Gasteiger partial charge is 0.484 e. The van der Waals surface area contributed by atoms with E-state index < -0.39 is 0 Å². The number of hydrogen-bond donors (Lipinski definition) is 1. The predicted octanol–water partition coefficient (Wildman–Crippen LogP) is 5.07. The molecule has 0 bridgehead atoms. The maximum atomic E-state index is 13.2. The minimum Gasteiger partial charge on any atom is -0.484 e. The van der Waals surface area contributed by atoms with E-state index in [1.54, 1.807) is 0 Å². The van der Waals surface area contributed by atoms with Gasteiger partial charge in [0.25, 0.3) is 5.91 Å². The Morgan fingerprint density at radius 2 is 1.67 bits per heavy atom. The standard InChI is InChI=1S/C27H30FN3O2/c1-20-17-31(21(2)16-30(20)18-22-11-13-23(28)14-12-22)27(32)19-33-26-10-6-9-25(15-26)29-24-7-4-3-5-8-24/h3-15,20-21,29H,16-19H2,1-2H3/t20-,21+/m1/s1. The van der Waals surface area contributed by atoms with Crippen molar-refractivity contribution in [3.63, 3.8) is 0 Å².